The summed E-state index contributed by atoms with van der Waals surface area (Å²) in [6.07, 6.45) is 1.40. The van der Waals surface area contributed by atoms with Crippen molar-refractivity contribution in [2.75, 3.05) is 13.1 Å². The molecule has 0 fully saturated rings. The third kappa shape index (κ3) is 3.06. The van der Waals surface area contributed by atoms with E-state index in [0.717, 1.165) is 4.31 Å². The SMILES string of the molecule is Cc1[nH]ncc1S(=O)(=O)N(CCC#N)CCC#N. The van der Waals surface area contributed by atoms with E-state index in [4.69, 9.17) is 10.5 Å². The molecule has 1 aromatic heterocycles. The lowest BCUT2D eigenvalue weighted by Gasteiger charge is -2.19. The van der Waals surface area contributed by atoms with E-state index in [1.807, 2.05) is 12.1 Å². The van der Waals surface area contributed by atoms with Crippen LogP contribution < -0.4 is 0 Å². The van der Waals surface area contributed by atoms with Crippen LogP contribution in [0, 0.1) is 29.6 Å². The fourth-order valence-electron chi connectivity index (χ4n) is 1.44. The van der Waals surface area contributed by atoms with Crippen LogP contribution in [0.2, 0.25) is 0 Å². The van der Waals surface area contributed by atoms with Gasteiger partial charge in [0.2, 0.25) is 10.0 Å². The van der Waals surface area contributed by atoms with E-state index in [1.165, 1.54) is 6.20 Å². The maximum Gasteiger partial charge on any atom is 0.246 e. The Balaban J connectivity index is 3.01. The van der Waals surface area contributed by atoms with Crippen LogP contribution in [0.5, 0.6) is 0 Å². The molecule has 1 heterocycles. The molecule has 0 amide bonds. The van der Waals surface area contributed by atoms with Gasteiger partial charge in [0.1, 0.15) is 4.90 Å². The Labute approximate surface area is 106 Å². The average Bonchev–Trinajstić information content (AvgIpc) is 2.76. The molecule has 0 unspecified atom stereocenters. The number of nitrogens with one attached hydrogen (secondary N) is 1. The van der Waals surface area contributed by atoms with Crippen molar-refractivity contribution in [3.05, 3.63) is 11.9 Å². The van der Waals surface area contributed by atoms with Gasteiger partial charge in [0.15, 0.2) is 0 Å². The predicted molar refractivity (Wildman–Crippen MR) is 62.5 cm³/mol. The third-order valence-electron chi connectivity index (χ3n) is 2.35. The molecule has 0 radical (unpaired) electrons. The highest BCUT2D eigenvalue weighted by atomic mass is 32.2. The van der Waals surface area contributed by atoms with Crippen LogP contribution in [0.1, 0.15) is 18.5 Å². The number of aromatic nitrogens is 2. The second kappa shape index (κ2) is 6.15. The van der Waals surface area contributed by atoms with Crippen molar-refractivity contribution in [1.82, 2.24) is 14.5 Å². The van der Waals surface area contributed by atoms with Crippen LogP contribution in [-0.4, -0.2) is 36.0 Å². The van der Waals surface area contributed by atoms with Gasteiger partial charge in [0.05, 0.1) is 24.0 Å². The van der Waals surface area contributed by atoms with Crippen LogP contribution in [-0.2, 0) is 10.0 Å². The van der Waals surface area contributed by atoms with E-state index in [-0.39, 0.29) is 30.8 Å². The summed E-state index contributed by atoms with van der Waals surface area (Å²) in [6.45, 7) is 1.75. The van der Waals surface area contributed by atoms with E-state index in [0.29, 0.717) is 5.69 Å². The van der Waals surface area contributed by atoms with E-state index < -0.39 is 10.0 Å². The van der Waals surface area contributed by atoms with E-state index in [1.54, 1.807) is 6.92 Å². The van der Waals surface area contributed by atoms with Gasteiger partial charge in [-0.1, -0.05) is 0 Å². The molecular formula is C10H13N5O2S. The second-order valence-corrected chi connectivity index (χ2v) is 5.49. The summed E-state index contributed by atoms with van der Waals surface area (Å²) in [6, 6.07) is 3.79. The molecule has 0 saturated carbocycles. The van der Waals surface area contributed by atoms with Gasteiger partial charge in [-0.15, -0.1) is 0 Å². The molecule has 1 rings (SSSR count). The van der Waals surface area contributed by atoms with Crippen molar-refractivity contribution < 1.29 is 8.42 Å². The summed E-state index contributed by atoms with van der Waals surface area (Å²) in [5.74, 6) is 0. The Morgan fingerprint density at radius 1 is 1.33 bits per heavy atom. The van der Waals surface area contributed by atoms with Crippen molar-refractivity contribution in [3.63, 3.8) is 0 Å². The van der Waals surface area contributed by atoms with Crippen LogP contribution in [0.4, 0.5) is 0 Å². The fourth-order valence-corrected chi connectivity index (χ4v) is 3.00. The fraction of sp³-hybridized carbons (Fsp3) is 0.500. The Hall–Kier alpha value is -1.90. The summed E-state index contributed by atoms with van der Waals surface area (Å²) in [5.41, 5.74) is 0.439. The minimum absolute atomic E-state index is 0.0745. The number of nitriles is 2. The molecule has 18 heavy (non-hydrogen) atoms. The number of nitrogens with zero attached hydrogens (tertiary/aromatic N) is 4. The smallest absolute Gasteiger partial charge is 0.246 e. The monoisotopic (exact) mass is 267 g/mol. The highest BCUT2D eigenvalue weighted by Gasteiger charge is 2.26. The maximum absolute atomic E-state index is 12.3. The molecule has 0 saturated heterocycles. The lowest BCUT2D eigenvalue weighted by Crippen LogP contribution is -2.33. The molecule has 1 aromatic rings. The van der Waals surface area contributed by atoms with Crippen molar-refractivity contribution in [1.29, 1.82) is 10.5 Å². The Morgan fingerprint density at radius 2 is 1.89 bits per heavy atom. The predicted octanol–water partition coefficient (Wildman–Crippen LogP) is 0.536. The summed E-state index contributed by atoms with van der Waals surface area (Å²) in [7, 11) is -3.70. The molecule has 0 aromatic carbocycles. The van der Waals surface area contributed by atoms with Crippen LogP contribution in [0.3, 0.4) is 0 Å². The minimum Gasteiger partial charge on any atom is -0.281 e. The Kier molecular flexibility index (Phi) is 4.84. The van der Waals surface area contributed by atoms with E-state index in [9.17, 15) is 8.42 Å². The summed E-state index contributed by atoms with van der Waals surface area (Å²) < 4.78 is 25.7. The highest BCUT2D eigenvalue weighted by Crippen LogP contribution is 2.18. The zero-order valence-corrected chi connectivity index (χ0v) is 10.7. The molecule has 0 aliphatic heterocycles. The molecule has 1 N–H and O–H groups in total. The van der Waals surface area contributed by atoms with Gasteiger partial charge in [0, 0.05) is 25.9 Å². The molecule has 0 aliphatic carbocycles. The third-order valence-corrected chi connectivity index (χ3v) is 4.36. The zero-order valence-electron chi connectivity index (χ0n) is 9.92. The van der Waals surface area contributed by atoms with Crippen molar-refractivity contribution in [3.8, 4) is 12.1 Å². The molecule has 0 atom stereocenters. The standard InChI is InChI=1S/C10H13N5O2S/c1-9-10(8-13-14-9)18(16,17)15(6-2-4-11)7-3-5-12/h8H,2-3,6-7H2,1H3,(H,13,14). The first-order valence-electron chi connectivity index (χ1n) is 5.28. The maximum atomic E-state index is 12.3. The first kappa shape index (κ1) is 14.2. The molecule has 96 valence electrons. The van der Waals surface area contributed by atoms with Crippen molar-refractivity contribution >= 4 is 10.0 Å². The van der Waals surface area contributed by atoms with Gasteiger partial charge in [-0.05, 0) is 6.92 Å². The van der Waals surface area contributed by atoms with Crippen molar-refractivity contribution in [2.24, 2.45) is 0 Å². The second-order valence-electron chi connectivity index (χ2n) is 3.58. The van der Waals surface area contributed by atoms with Gasteiger partial charge in [-0.3, -0.25) is 5.10 Å². The number of hydrogen-bond acceptors (Lipinski definition) is 5. The van der Waals surface area contributed by atoms with Crippen molar-refractivity contribution in [2.45, 2.75) is 24.7 Å². The molecular weight excluding hydrogens is 254 g/mol. The lowest BCUT2D eigenvalue weighted by atomic mass is 10.4. The number of aromatic amines is 1. The van der Waals surface area contributed by atoms with Crippen LogP contribution >= 0.6 is 0 Å². The Morgan fingerprint density at radius 3 is 2.28 bits per heavy atom. The number of aryl methyl sites for hydroxylation is 1. The molecule has 0 bridgehead atoms. The number of sulfonamides is 1. The topological polar surface area (TPSA) is 114 Å². The van der Waals surface area contributed by atoms with Gasteiger partial charge >= 0.3 is 0 Å². The quantitative estimate of drug-likeness (QED) is 0.807. The van der Waals surface area contributed by atoms with E-state index in [2.05, 4.69) is 10.2 Å². The van der Waals surface area contributed by atoms with Gasteiger partial charge < -0.3 is 0 Å². The molecule has 0 aliphatic rings. The van der Waals surface area contributed by atoms with Gasteiger partial charge in [-0.25, -0.2) is 8.42 Å². The van der Waals surface area contributed by atoms with Gasteiger partial charge in [-0.2, -0.15) is 19.9 Å². The average molecular weight is 267 g/mol. The Bertz CT molecular complexity index is 560. The number of H-pyrrole nitrogens is 1. The largest absolute Gasteiger partial charge is 0.281 e. The van der Waals surface area contributed by atoms with Gasteiger partial charge in [0.25, 0.3) is 0 Å². The molecule has 8 heteroatoms. The lowest BCUT2D eigenvalue weighted by molar-refractivity contribution is 0.424. The molecule has 0 spiro atoms. The van der Waals surface area contributed by atoms with Crippen LogP contribution in [0.25, 0.3) is 0 Å². The summed E-state index contributed by atoms with van der Waals surface area (Å²) in [4.78, 5) is 0.0818. The highest BCUT2D eigenvalue weighted by molar-refractivity contribution is 7.89. The minimum atomic E-state index is -3.70. The van der Waals surface area contributed by atoms with E-state index >= 15 is 0 Å². The number of hydrogen-bond donors (Lipinski definition) is 1. The number of rotatable bonds is 6. The zero-order chi connectivity index (χ0) is 13.6. The summed E-state index contributed by atoms with van der Waals surface area (Å²) >= 11 is 0. The normalized spacial score (nSPS) is 11.1. The van der Waals surface area contributed by atoms with Crippen LogP contribution in [0.15, 0.2) is 11.1 Å². The summed E-state index contributed by atoms with van der Waals surface area (Å²) in [5, 5.41) is 23.3. The first-order chi connectivity index (χ1) is 8.54. The first-order valence-corrected chi connectivity index (χ1v) is 6.72. The molecule has 7 nitrogen and oxygen atoms in total.